The van der Waals surface area contributed by atoms with Gasteiger partial charge in [0, 0.05) is 6.42 Å². The van der Waals surface area contributed by atoms with Crippen LogP contribution in [0.25, 0.3) is 0 Å². The molecule has 0 aliphatic carbocycles. The van der Waals surface area contributed by atoms with Crippen molar-refractivity contribution in [2.75, 3.05) is 5.75 Å². The summed E-state index contributed by atoms with van der Waals surface area (Å²) in [5, 5.41) is 8.31. The summed E-state index contributed by atoms with van der Waals surface area (Å²) in [7, 11) is 0. The van der Waals surface area contributed by atoms with E-state index in [1.54, 1.807) is 0 Å². The summed E-state index contributed by atoms with van der Waals surface area (Å²) in [6.07, 6.45) is 0.600. The van der Waals surface area contributed by atoms with Crippen LogP contribution in [0.5, 0.6) is 0 Å². The van der Waals surface area contributed by atoms with E-state index in [0.717, 1.165) is 0 Å². The number of rotatable bonds is 2. The molecule has 0 aliphatic rings. The Balaban J connectivity index is 2.83. The molecule has 0 amide bonds. The zero-order valence-corrected chi connectivity index (χ0v) is 4.41. The molecule has 0 saturated carbocycles. The van der Waals surface area contributed by atoms with Gasteiger partial charge in [-0.3, -0.25) is 0 Å². The molecule has 0 fully saturated rings. The maximum absolute atomic E-state index is 8.31. The summed E-state index contributed by atoms with van der Waals surface area (Å²) in [4.78, 5) is 0. The molecule has 36 valence electrons. The molecule has 1 nitrogen and oxygen atoms in total. The van der Waals surface area contributed by atoms with Crippen molar-refractivity contribution in [3.63, 3.8) is 0 Å². The highest BCUT2D eigenvalue weighted by Crippen LogP contribution is 1.91. The van der Waals surface area contributed by atoms with Gasteiger partial charge in [-0.25, -0.2) is 0 Å². The van der Waals surface area contributed by atoms with Crippen molar-refractivity contribution in [1.82, 2.24) is 0 Å². The molecule has 0 atom stereocenters. The average molecular weight is 104 g/mol. The minimum atomic E-state index is 0.213. The van der Waals surface area contributed by atoms with Gasteiger partial charge in [-0.15, -0.1) is 0 Å². The molecule has 0 aromatic rings. The minimum Gasteiger partial charge on any atom is -0.513 e. The van der Waals surface area contributed by atoms with Gasteiger partial charge in [0.25, 0.3) is 0 Å². The van der Waals surface area contributed by atoms with Crippen LogP contribution in [0.1, 0.15) is 6.42 Å². The van der Waals surface area contributed by atoms with Crippen LogP contribution in [0, 0.1) is 0 Å². The molecule has 1 N–H and O–H groups in total. The fourth-order valence-corrected chi connectivity index (χ4v) is 0.387. The zero-order chi connectivity index (χ0) is 4.99. The molecule has 0 aromatic heterocycles. The van der Waals surface area contributed by atoms with Gasteiger partial charge in [-0.05, 0) is 5.75 Å². The Labute approximate surface area is 43.1 Å². The lowest BCUT2D eigenvalue weighted by Gasteiger charge is -1.86. The Hall–Kier alpha value is -0.110. The van der Waals surface area contributed by atoms with Gasteiger partial charge >= 0.3 is 0 Å². The Kier molecular flexibility index (Phi) is 3.04. The quantitative estimate of drug-likeness (QED) is 0.400. The van der Waals surface area contributed by atoms with Gasteiger partial charge in [0.2, 0.25) is 0 Å². The molecule has 6 heavy (non-hydrogen) atoms. The molecule has 2 heteroatoms. The van der Waals surface area contributed by atoms with E-state index in [-0.39, 0.29) is 5.76 Å². The Morgan fingerprint density at radius 1 is 1.83 bits per heavy atom. The van der Waals surface area contributed by atoms with Crippen molar-refractivity contribution in [3.8, 4) is 0 Å². The van der Waals surface area contributed by atoms with Gasteiger partial charge in [0.15, 0.2) is 0 Å². The van der Waals surface area contributed by atoms with Crippen LogP contribution in [0.3, 0.4) is 0 Å². The van der Waals surface area contributed by atoms with Crippen molar-refractivity contribution in [2.45, 2.75) is 6.42 Å². The molecule has 0 radical (unpaired) electrons. The maximum Gasteiger partial charge on any atom is 0.0859 e. The van der Waals surface area contributed by atoms with E-state index in [1.165, 1.54) is 0 Å². The number of aliphatic hydroxyl groups is 1. The van der Waals surface area contributed by atoms with Gasteiger partial charge in [0.05, 0.1) is 5.76 Å². The lowest BCUT2D eigenvalue weighted by Crippen LogP contribution is -1.76. The second kappa shape index (κ2) is 3.09. The maximum atomic E-state index is 8.31. The highest BCUT2D eigenvalue weighted by molar-refractivity contribution is 7.80. The van der Waals surface area contributed by atoms with Crippen LogP contribution in [-0.2, 0) is 0 Å². The highest BCUT2D eigenvalue weighted by atomic mass is 32.1. The number of thiol groups is 1. The first kappa shape index (κ1) is 5.89. The van der Waals surface area contributed by atoms with Crippen molar-refractivity contribution >= 4 is 12.6 Å². The molecule has 0 aliphatic heterocycles. The van der Waals surface area contributed by atoms with Gasteiger partial charge < -0.3 is 5.11 Å². The van der Waals surface area contributed by atoms with Gasteiger partial charge in [-0.1, -0.05) is 6.58 Å². The third kappa shape index (κ3) is 3.89. The molecule has 0 spiro atoms. The van der Waals surface area contributed by atoms with Crippen LogP contribution >= 0.6 is 12.6 Å². The number of allylic oxidation sites excluding steroid dienone is 1. The Bertz CT molecular complexity index is 51.5. The largest absolute Gasteiger partial charge is 0.513 e. The van der Waals surface area contributed by atoms with E-state index in [0.29, 0.717) is 12.2 Å². The predicted molar refractivity (Wildman–Crippen MR) is 30.2 cm³/mol. The number of hydrogen-bond acceptors (Lipinski definition) is 2. The summed E-state index contributed by atoms with van der Waals surface area (Å²) < 4.78 is 0. The molecular weight excluding hydrogens is 96.1 g/mol. The molecule has 0 saturated heterocycles. The zero-order valence-electron chi connectivity index (χ0n) is 3.52. The van der Waals surface area contributed by atoms with Crippen LogP contribution in [0.15, 0.2) is 12.3 Å². The lowest BCUT2D eigenvalue weighted by molar-refractivity contribution is 0.399. The second-order valence-corrected chi connectivity index (χ2v) is 1.49. The fraction of sp³-hybridized carbons (Fsp3) is 0.500. The smallest absolute Gasteiger partial charge is 0.0859 e. The van der Waals surface area contributed by atoms with Gasteiger partial charge in [-0.2, -0.15) is 12.6 Å². The van der Waals surface area contributed by atoms with E-state index < -0.39 is 0 Å². The predicted octanol–water partition coefficient (Wildman–Crippen LogP) is 1.38. The number of aliphatic hydroxyl groups excluding tert-OH is 1. The summed E-state index contributed by atoms with van der Waals surface area (Å²) >= 11 is 3.84. The Morgan fingerprint density at radius 2 is 2.33 bits per heavy atom. The van der Waals surface area contributed by atoms with Crippen molar-refractivity contribution < 1.29 is 5.11 Å². The molecule has 0 unspecified atom stereocenters. The van der Waals surface area contributed by atoms with Crippen molar-refractivity contribution in [2.24, 2.45) is 0 Å². The summed E-state index contributed by atoms with van der Waals surface area (Å²) in [6.45, 7) is 3.25. The summed E-state index contributed by atoms with van der Waals surface area (Å²) in [5.74, 6) is 0.889. The first-order valence-electron chi connectivity index (χ1n) is 1.75. The van der Waals surface area contributed by atoms with Gasteiger partial charge in [0.1, 0.15) is 0 Å². The summed E-state index contributed by atoms with van der Waals surface area (Å²) in [5.41, 5.74) is 0. The Morgan fingerprint density at radius 3 is 2.33 bits per heavy atom. The van der Waals surface area contributed by atoms with Crippen LogP contribution < -0.4 is 0 Å². The molecule has 0 rings (SSSR count). The van der Waals surface area contributed by atoms with E-state index in [4.69, 9.17) is 5.11 Å². The van der Waals surface area contributed by atoms with E-state index in [2.05, 4.69) is 19.2 Å². The first-order chi connectivity index (χ1) is 2.77. The fourth-order valence-electron chi connectivity index (χ4n) is 0.129. The first-order valence-corrected chi connectivity index (χ1v) is 2.38. The lowest BCUT2D eigenvalue weighted by atomic mass is 10.4. The standard InChI is InChI=1S/C4H8OS/c1-4(5)2-3-6/h5-6H,1-3H2. The van der Waals surface area contributed by atoms with E-state index >= 15 is 0 Å². The van der Waals surface area contributed by atoms with E-state index in [1.807, 2.05) is 0 Å². The van der Waals surface area contributed by atoms with Crippen molar-refractivity contribution in [1.29, 1.82) is 0 Å². The van der Waals surface area contributed by atoms with Crippen LogP contribution in [-0.4, -0.2) is 10.9 Å². The normalized spacial score (nSPS) is 8.17. The van der Waals surface area contributed by atoms with Crippen molar-refractivity contribution in [3.05, 3.63) is 12.3 Å². The average Bonchev–Trinajstić information content (AvgIpc) is 1.35. The second-order valence-electron chi connectivity index (χ2n) is 1.04. The van der Waals surface area contributed by atoms with Crippen LogP contribution in [0.2, 0.25) is 0 Å². The van der Waals surface area contributed by atoms with E-state index in [9.17, 15) is 0 Å². The SMILES string of the molecule is C=C(O)CCS. The number of hydrogen-bond donors (Lipinski definition) is 2. The minimum absolute atomic E-state index is 0.213. The highest BCUT2D eigenvalue weighted by Gasteiger charge is 1.79. The molecule has 0 bridgehead atoms. The van der Waals surface area contributed by atoms with Crippen LogP contribution in [0.4, 0.5) is 0 Å². The topological polar surface area (TPSA) is 20.2 Å². The molecule has 0 heterocycles. The summed E-state index contributed by atoms with van der Waals surface area (Å²) in [6, 6.07) is 0. The molecule has 0 aromatic carbocycles. The third-order valence-corrected chi connectivity index (χ3v) is 0.624. The molecular formula is C4H8OS. The third-order valence-electron chi connectivity index (χ3n) is 0.400. The monoisotopic (exact) mass is 104 g/mol.